The minimum atomic E-state index is -1.07. The molecule has 6 heteroatoms. The van der Waals surface area contributed by atoms with Crippen LogP contribution in [0.2, 0.25) is 5.02 Å². The highest BCUT2D eigenvalue weighted by molar-refractivity contribution is 6.31. The zero-order valence-corrected chi connectivity index (χ0v) is 9.68. The zero-order chi connectivity index (χ0) is 12.6. The minimum absolute atomic E-state index is 0.213. The van der Waals surface area contributed by atoms with Crippen molar-refractivity contribution in [2.75, 3.05) is 0 Å². The highest BCUT2D eigenvalue weighted by Crippen LogP contribution is 2.14. The van der Waals surface area contributed by atoms with Gasteiger partial charge in [0.25, 0.3) is 5.56 Å². The second-order valence-electron chi connectivity index (χ2n) is 3.63. The summed E-state index contributed by atoms with van der Waals surface area (Å²) in [5.41, 5.74) is -0.223. The molecule has 88 valence electrons. The number of halogens is 1. The van der Waals surface area contributed by atoms with Crippen LogP contribution in [-0.4, -0.2) is 20.6 Å². The number of nitrogens with zero attached hydrogens (tertiary/aromatic N) is 2. The van der Waals surface area contributed by atoms with Gasteiger partial charge in [-0.05, 0) is 19.1 Å². The van der Waals surface area contributed by atoms with Gasteiger partial charge in [-0.2, -0.15) is 0 Å². The monoisotopic (exact) mass is 252 g/mol. The number of carboxylic acid groups (broad SMARTS) is 1. The number of hydrogen-bond donors (Lipinski definition) is 1. The largest absolute Gasteiger partial charge is 0.480 e. The first-order valence-electron chi connectivity index (χ1n) is 4.90. The summed E-state index contributed by atoms with van der Waals surface area (Å²) >= 11 is 5.76. The molecule has 0 aromatic carbocycles. The number of carboxylic acids is 1. The molecule has 1 N–H and O–H groups in total. The fourth-order valence-corrected chi connectivity index (χ4v) is 1.70. The molecular formula is C11H9ClN2O3. The van der Waals surface area contributed by atoms with Crippen LogP contribution in [0, 0.1) is 0 Å². The number of carbonyl (C=O) groups is 1. The lowest BCUT2D eigenvalue weighted by Gasteiger charge is -2.10. The summed E-state index contributed by atoms with van der Waals surface area (Å²) in [4.78, 5) is 26.7. The molecule has 0 saturated carbocycles. The Kier molecular flexibility index (Phi) is 2.85. The SMILES string of the molecule is C[C@H](C(=O)O)n1ccc2cc(Cl)cnc2c1=O. The molecule has 1 atom stereocenters. The predicted molar refractivity (Wildman–Crippen MR) is 63.4 cm³/mol. The maximum atomic E-state index is 12.0. The number of rotatable bonds is 2. The number of aromatic nitrogens is 2. The highest BCUT2D eigenvalue weighted by atomic mass is 35.5. The summed E-state index contributed by atoms with van der Waals surface area (Å²) in [6, 6.07) is 2.31. The quantitative estimate of drug-likeness (QED) is 0.883. The molecule has 0 aliphatic carbocycles. The van der Waals surface area contributed by atoms with E-state index in [-0.39, 0.29) is 5.52 Å². The third-order valence-corrected chi connectivity index (χ3v) is 2.72. The maximum absolute atomic E-state index is 12.0. The van der Waals surface area contributed by atoms with E-state index in [0.717, 1.165) is 4.57 Å². The lowest BCUT2D eigenvalue weighted by Crippen LogP contribution is -2.27. The van der Waals surface area contributed by atoms with Crippen LogP contribution in [0.1, 0.15) is 13.0 Å². The van der Waals surface area contributed by atoms with E-state index >= 15 is 0 Å². The summed E-state index contributed by atoms with van der Waals surface area (Å²) in [5.74, 6) is -1.07. The fraction of sp³-hybridized carbons (Fsp3) is 0.182. The van der Waals surface area contributed by atoms with Gasteiger partial charge in [0.15, 0.2) is 0 Å². The number of fused-ring (bicyclic) bond motifs is 1. The molecule has 5 nitrogen and oxygen atoms in total. The Morgan fingerprint density at radius 2 is 2.29 bits per heavy atom. The lowest BCUT2D eigenvalue weighted by molar-refractivity contribution is -0.140. The van der Waals surface area contributed by atoms with Crippen molar-refractivity contribution in [3.8, 4) is 0 Å². The minimum Gasteiger partial charge on any atom is -0.480 e. The van der Waals surface area contributed by atoms with Crippen molar-refractivity contribution < 1.29 is 9.90 Å². The van der Waals surface area contributed by atoms with E-state index in [0.29, 0.717) is 10.4 Å². The van der Waals surface area contributed by atoms with Gasteiger partial charge in [0.2, 0.25) is 0 Å². The van der Waals surface area contributed by atoms with E-state index in [1.54, 1.807) is 12.1 Å². The first-order chi connectivity index (χ1) is 8.00. The van der Waals surface area contributed by atoms with E-state index in [1.807, 2.05) is 0 Å². The zero-order valence-electron chi connectivity index (χ0n) is 8.92. The Bertz CT molecular complexity index is 651. The molecule has 0 bridgehead atoms. The average molecular weight is 253 g/mol. The molecule has 0 fully saturated rings. The fourth-order valence-electron chi connectivity index (χ4n) is 1.54. The van der Waals surface area contributed by atoms with Gasteiger partial charge in [0.05, 0.1) is 5.02 Å². The first kappa shape index (κ1) is 11.6. The molecule has 2 heterocycles. The predicted octanol–water partition coefficient (Wildman–Crippen LogP) is 1.70. The second kappa shape index (κ2) is 4.18. The first-order valence-corrected chi connectivity index (χ1v) is 5.27. The summed E-state index contributed by atoms with van der Waals surface area (Å²) in [5, 5.41) is 9.90. The standard InChI is InChI=1S/C11H9ClN2O3/c1-6(11(16)17)14-3-2-7-4-8(12)5-13-9(7)10(14)15/h2-6H,1H3,(H,16,17)/t6-/m1/s1. The molecule has 0 aliphatic rings. The van der Waals surface area contributed by atoms with Crippen LogP contribution >= 0.6 is 11.6 Å². The molecule has 0 saturated heterocycles. The van der Waals surface area contributed by atoms with Crippen molar-refractivity contribution in [1.82, 2.24) is 9.55 Å². The van der Waals surface area contributed by atoms with E-state index < -0.39 is 17.6 Å². The van der Waals surface area contributed by atoms with Crippen LogP contribution in [0.15, 0.2) is 29.3 Å². The third kappa shape index (κ3) is 2.01. The summed E-state index contributed by atoms with van der Waals surface area (Å²) in [6.07, 6.45) is 2.79. The molecule has 2 aromatic rings. The van der Waals surface area contributed by atoms with Crippen LogP contribution in [0.4, 0.5) is 0 Å². The van der Waals surface area contributed by atoms with Gasteiger partial charge in [-0.3, -0.25) is 9.36 Å². The van der Waals surface area contributed by atoms with E-state index in [4.69, 9.17) is 16.7 Å². The number of aliphatic carboxylic acids is 1. The van der Waals surface area contributed by atoms with Crippen molar-refractivity contribution in [2.45, 2.75) is 13.0 Å². The van der Waals surface area contributed by atoms with Crippen molar-refractivity contribution in [3.63, 3.8) is 0 Å². The van der Waals surface area contributed by atoms with Gasteiger partial charge in [0.1, 0.15) is 11.6 Å². The summed E-state index contributed by atoms with van der Waals surface area (Å²) < 4.78 is 1.13. The Hall–Kier alpha value is -1.88. The number of hydrogen-bond acceptors (Lipinski definition) is 3. The van der Waals surface area contributed by atoms with Crippen LogP contribution in [-0.2, 0) is 4.79 Å². The van der Waals surface area contributed by atoms with Crippen molar-refractivity contribution in [3.05, 3.63) is 39.9 Å². The van der Waals surface area contributed by atoms with Gasteiger partial charge >= 0.3 is 5.97 Å². The van der Waals surface area contributed by atoms with Crippen LogP contribution in [0.25, 0.3) is 10.9 Å². The van der Waals surface area contributed by atoms with Crippen molar-refractivity contribution >= 4 is 28.5 Å². The maximum Gasteiger partial charge on any atom is 0.326 e. The van der Waals surface area contributed by atoms with Gasteiger partial charge in [-0.15, -0.1) is 0 Å². The highest BCUT2D eigenvalue weighted by Gasteiger charge is 2.15. The molecule has 2 aromatic heterocycles. The molecule has 17 heavy (non-hydrogen) atoms. The topological polar surface area (TPSA) is 72.2 Å². The molecule has 0 spiro atoms. The van der Waals surface area contributed by atoms with Gasteiger partial charge in [-0.1, -0.05) is 11.6 Å². The molecule has 2 rings (SSSR count). The average Bonchev–Trinajstić information content (AvgIpc) is 2.28. The molecule has 0 aliphatic heterocycles. The normalized spacial score (nSPS) is 12.6. The second-order valence-corrected chi connectivity index (χ2v) is 4.07. The lowest BCUT2D eigenvalue weighted by atomic mass is 10.2. The molecular weight excluding hydrogens is 244 g/mol. The summed E-state index contributed by atoms with van der Waals surface area (Å²) in [6.45, 7) is 1.44. The van der Waals surface area contributed by atoms with E-state index in [9.17, 15) is 9.59 Å². The Labute approximate surface area is 101 Å². The molecule has 0 radical (unpaired) electrons. The van der Waals surface area contributed by atoms with Gasteiger partial charge < -0.3 is 5.11 Å². The Morgan fingerprint density at radius 3 is 2.94 bits per heavy atom. The van der Waals surface area contributed by atoms with E-state index in [2.05, 4.69) is 4.98 Å². The van der Waals surface area contributed by atoms with Gasteiger partial charge in [-0.25, -0.2) is 9.78 Å². The van der Waals surface area contributed by atoms with Crippen LogP contribution < -0.4 is 5.56 Å². The summed E-state index contributed by atoms with van der Waals surface area (Å²) in [7, 11) is 0. The smallest absolute Gasteiger partial charge is 0.326 e. The Morgan fingerprint density at radius 1 is 1.59 bits per heavy atom. The Balaban J connectivity index is 2.70. The van der Waals surface area contributed by atoms with Crippen molar-refractivity contribution in [1.29, 1.82) is 0 Å². The third-order valence-electron chi connectivity index (χ3n) is 2.51. The molecule has 0 amide bonds. The van der Waals surface area contributed by atoms with Crippen LogP contribution in [0.5, 0.6) is 0 Å². The number of pyridine rings is 2. The molecule has 0 unspecified atom stereocenters. The van der Waals surface area contributed by atoms with Crippen LogP contribution in [0.3, 0.4) is 0 Å². The van der Waals surface area contributed by atoms with Crippen molar-refractivity contribution in [2.24, 2.45) is 0 Å². The van der Waals surface area contributed by atoms with Gasteiger partial charge in [0, 0.05) is 17.8 Å². The van der Waals surface area contributed by atoms with E-state index in [1.165, 1.54) is 19.3 Å².